The molecular formula is C27H31N5O2. The molecule has 7 nitrogen and oxygen atoms in total. The number of furan rings is 1. The summed E-state index contributed by atoms with van der Waals surface area (Å²) in [5.41, 5.74) is 4.52. The van der Waals surface area contributed by atoms with Crippen LogP contribution in [0.4, 0.5) is 5.69 Å². The van der Waals surface area contributed by atoms with Crippen molar-refractivity contribution in [2.24, 2.45) is 7.05 Å². The van der Waals surface area contributed by atoms with Crippen LogP contribution in [-0.2, 0) is 20.1 Å². The third-order valence-corrected chi connectivity index (χ3v) is 6.47. The molecule has 1 aromatic carbocycles. The molecule has 7 heteroatoms. The summed E-state index contributed by atoms with van der Waals surface area (Å²) in [7, 11) is 3.96. The van der Waals surface area contributed by atoms with Crippen LogP contribution in [0.1, 0.15) is 17.9 Å². The molecule has 1 N–H and O–H groups in total. The van der Waals surface area contributed by atoms with Crippen LogP contribution in [0.5, 0.6) is 0 Å². The van der Waals surface area contributed by atoms with E-state index in [0.29, 0.717) is 17.5 Å². The van der Waals surface area contributed by atoms with Gasteiger partial charge in [-0.25, -0.2) is 0 Å². The van der Waals surface area contributed by atoms with E-state index < -0.39 is 0 Å². The lowest BCUT2D eigenvalue weighted by molar-refractivity contribution is 0.251. The van der Waals surface area contributed by atoms with Crippen LogP contribution in [0.3, 0.4) is 0 Å². The summed E-state index contributed by atoms with van der Waals surface area (Å²) >= 11 is 0. The first-order chi connectivity index (χ1) is 16.6. The Bertz CT molecular complexity index is 1330. The number of nitrogens with one attached hydrogen (secondary N) is 1. The molecule has 0 saturated carbocycles. The standard InChI is InChI=1S/C27H31N5O2/c1-30-11-6-12-32(14-13-30)18-23-16-24-26(34-23)25(19-31(2)27(24)33)20-7-5-9-21(15-20)29-17-22-8-3-4-10-28-22/h3-5,7-10,15-16,19,29H,6,11-14,17-18H2,1-2H3. The van der Waals surface area contributed by atoms with Crippen LogP contribution < -0.4 is 10.9 Å². The van der Waals surface area contributed by atoms with E-state index in [2.05, 4.69) is 39.3 Å². The summed E-state index contributed by atoms with van der Waals surface area (Å²) < 4.78 is 7.97. The van der Waals surface area contributed by atoms with Gasteiger partial charge in [0.15, 0.2) is 0 Å². The van der Waals surface area contributed by atoms with Gasteiger partial charge in [0, 0.05) is 43.8 Å². The van der Waals surface area contributed by atoms with Gasteiger partial charge in [-0.3, -0.25) is 14.7 Å². The quantitative estimate of drug-likeness (QED) is 0.473. The molecule has 1 aliphatic rings. The number of hydrogen-bond acceptors (Lipinski definition) is 6. The molecule has 3 aromatic heterocycles. The number of rotatable bonds is 6. The summed E-state index contributed by atoms with van der Waals surface area (Å²) in [5, 5.41) is 4.07. The van der Waals surface area contributed by atoms with Gasteiger partial charge in [-0.1, -0.05) is 18.2 Å². The van der Waals surface area contributed by atoms with Crippen LogP contribution in [0.25, 0.3) is 22.1 Å². The second-order valence-electron chi connectivity index (χ2n) is 9.10. The Morgan fingerprint density at radius 2 is 1.94 bits per heavy atom. The van der Waals surface area contributed by atoms with E-state index in [1.165, 1.54) is 0 Å². The molecule has 1 fully saturated rings. The number of aromatic nitrogens is 2. The maximum atomic E-state index is 12.9. The van der Waals surface area contributed by atoms with Crippen molar-refractivity contribution in [2.75, 3.05) is 38.5 Å². The Labute approximate surface area is 199 Å². The summed E-state index contributed by atoms with van der Waals surface area (Å²) in [5.74, 6) is 0.841. The monoisotopic (exact) mass is 457 g/mol. The number of anilines is 1. The number of nitrogens with zero attached hydrogens (tertiary/aromatic N) is 4. The highest BCUT2D eigenvalue weighted by Gasteiger charge is 2.18. The number of benzene rings is 1. The van der Waals surface area contributed by atoms with E-state index in [0.717, 1.165) is 67.4 Å². The van der Waals surface area contributed by atoms with Crippen molar-refractivity contribution in [1.29, 1.82) is 0 Å². The van der Waals surface area contributed by atoms with Crippen LogP contribution in [0, 0.1) is 0 Å². The van der Waals surface area contributed by atoms with E-state index in [4.69, 9.17) is 4.42 Å². The van der Waals surface area contributed by atoms with Crippen molar-refractivity contribution in [1.82, 2.24) is 19.4 Å². The molecule has 0 aliphatic carbocycles. The van der Waals surface area contributed by atoms with Crippen molar-refractivity contribution in [2.45, 2.75) is 19.5 Å². The molecule has 0 unspecified atom stereocenters. The van der Waals surface area contributed by atoms with E-state index in [-0.39, 0.29) is 5.56 Å². The minimum absolute atomic E-state index is 0.0335. The normalized spacial score (nSPS) is 15.5. The number of fused-ring (bicyclic) bond motifs is 1. The Morgan fingerprint density at radius 3 is 2.79 bits per heavy atom. The second kappa shape index (κ2) is 9.83. The minimum atomic E-state index is -0.0335. The summed E-state index contributed by atoms with van der Waals surface area (Å²) in [4.78, 5) is 22.1. The zero-order valence-electron chi connectivity index (χ0n) is 19.8. The second-order valence-corrected chi connectivity index (χ2v) is 9.10. The molecule has 4 aromatic rings. The van der Waals surface area contributed by atoms with Gasteiger partial charge >= 0.3 is 0 Å². The van der Waals surface area contributed by atoms with Crippen LogP contribution in [-0.4, -0.2) is 52.6 Å². The van der Waals surface area contributed by atoms with Gasteiger partial charge in [-0.2, -0.15) is 0 Å². The molecule has 0 atom stereocenters. The highest BCUT2D eigenvalue weighted by atomic mass is 16.3. The predicted octanol–water partition coefficient (Wildman–Crippen LogP) is 3.94. The van der Waals surface area contributed by atoms with E-state index >= 15 is 0 Å². The largest absolute Gasteiger partial charge is 0.459 e. The smallest absolute Gasteiger partial charge is 0.261 e. The lowest BCUT2D eigenvalue weighted by Gasteiger charge is -2.18. The van der Waals surface area contributed by atoms with Gasteiger partial charge in [0.2, 0.25) is 0 Å². The van der Waals surface area contributed by atoms with Gasteiger partial charge in [0.1, 0.15) is 11.3 Å². The highest BCUT2D eigenvalue weighted by molar-refractivity contribution is 5.92. The molecule has 0 spiro atoms. The zero-order valence-corrected chi connectivity index (χ0v) is 19.8. The van der Waals surface area contributed by atoms with Crippen molar-refractivity contribution in [3.8, 4) is 11.1 Å². The molecular weight excluding hydrogens is 426 g/mol. The fourth-order valence-corrected chi connectivity index (χ4v) is 4.56. The van der Waals surface area contributed by atoms with Crippen molar-refractivity contribution >= 4 is 16.7 Å². The number of hydrogen-bond donors (Lipinski definition) is 1. The maximum Gasteiger partial charge on any atom is 0.261 e. The van der Waals surface area contributed by atoms with Gasteiger partial charge in [-0.05, 0) is 62.5 Å². The van der Waals surface area contributed by atoms with Gasteiger partial charge in [0.05, 0.1) is 24.2 Å². The summed E-state index contributed by atoms with van der Waals surface area (Å²) in [6, 6.07) is 16.0. The van der Waals surface area contributed by atoms with E-state index in [9.17, 15) is 4.79 Å². The molecule has 34 heavy (non-hydrogen) atoms. The molecule has 1 aliphatic heterocycles. The Kier molecular flexibility index (Phi) is 6.47. The van der Waals surface area contributed by atoms with Gasteiger partial charge in [0.25, 0.3) is 5.56 Å². The average Bonchev–Trinajstić information content (AvgIpc) is 3.17. The van der Waals surface area contributed by atoms with Gasteiger partial charge in [-0.15, -0.1) is 0 Å². The average molecular weight is 458 g/mol. The van der Waals surface area contributed by atoms with Crippen LogP contribution >= 0.6 is 0 Å². The molecule has 0 amide bonds. The third kappa shape index (κ3) is 4.90. The topological polar surface area (TPSA) is 66.5 Å². The van der Waals surface area contributed by atoms with Crippen LogP contribution in [0.15, 0.2) is 70.1 Å². The summed E-state index contributed by atoms with van der Waals surface area (Å²) in [6.45, 7) is 5.57. The first kappa shape index (κ1) is 22.4. The van der Waals surface area contributed by atoms with Crippen molar-refractivity contribution < 1.29 is 4.42 Å². The Balaban J connectivity index is 1.44. The molecule has 1 saturated heterocycles. The molecule has 176 valence electrons. The first-order valence-corrected chi connectivity index (χ1v) is 11.8. The molecule has 5 rings (SSSR count). The zero-order chi connectivity index (χ0) is 23.5. The van der Waals surface area contributed by atoms with E-state index in [1.807, 2.05) is 42.6 Å². The number of likely N-dealkylation sites (N-methyl/N-ethyl adjacent to an activating group) is 1. The van der Waals surface area contributed by atoms with Gasteiger partial charge < -0.3 is 19.2 Å². The Morgan fingerprint density at radius 1 is 1.03 bits per heavy atom. The summed E-state index contributed by atoms with van der Waals surface area (Å²) in [6.07, 6.45) is 4.81. The number of aryl methyl sites for hydroxylation is 1. The van der Waals surface area contributed by atoms with Crippen molar-refractivity contribution in [3.05, 3.63) is 82.7 Å². The minimum Gasteiger partial charge on any atom is -0.459 e. The Hall–Kier alpha value is -3.42. The lowest BCUT2D eigenvalue weighted by atomic mass is 10.1. The molecule has 0 bridgehead atoms. The van der Waals surface area contributed by atoms with Crippen LogP contribution in [0.2, 0.25) is 0 Å². The first-order valence-electron chi connectivity index (χ1n) is 11.8. The third-order valence-electron chi connectivity index (χ3n) is 6.47. The van der Waals surface area contributed by atoms with E-state index in [1.54, 1.807) is 17.8 Å². The number of pyridine rings is 2. The fourth-order valence-electron chi connectivity index (χ4n) is 4.56. The fraction of sp³-hybridized carbons (Fsp3) is 0.333. The predicted molar refractivity (Wildman–Crippen MR) is 136 cm³/mol. The van der Waals surface area contributed by atoms with Crippen molar-refractivity contribution in [3.63, 3.8) is 0 Å². The molecule has 0 radical (unpaired) electrons. The maximum absolute atomic E-state index is 12.9. The lowest BCUT2D eigenvalue weighted by Crippen LogP contribution is -2.28. The SMILES string of the molecule is CN1CCCN(Cc2cc3c(=O)n(C)cc(-c4cccc(NCc5ccccn5)c4)c3o2)CC1. The molecule has 4 heterocycles. The highest BCUT2D eigenvalue weighted by Crippen LogP contribution is 2.31.